The molecule has 0 saturated heterocycles. The molecule has 0 aromatic heterocycles. The van der Waals surface area contributed by atoms with Gasteiger partial charge >= 0.3 is 0 Å². The van der Waals surface area contributed by atoms with Crippen LogP contribution in [-0.4, -0.2) is 93.0 Å². The van der Waals surface area contributed by atoms with Gasteiger partial charge in [-0.05, 0) is 85.0 Å². The molecule has 8 amide bonds. The van der Waals surface area contributed by atoms with Crippen LogP contribution in [0.25, 0.3) is 32.3 Å². The van der Waals surface area contributed by atoms with Crippen molar-refractivity contribution < 1.29 is 38.4 Å². The summed E-state index contributed by atoms with van der Waals surface area (Å²) >= 11 is 0. The normalized spacial score (nSPS) is 15.9. The molecular weight excluding hydrogens is 737 g/mol. The molecule has 58 heavy (non-hydrogen) atoms. The Morgan fingerprint density at radius 3 is 0.690 bits per heavy atom. The zero-order valence-corrected chi connectivity index (χ0v) is 30.9. The average Bonchev–Trinajstić information content (AvgIpc) is 3.24. The topological polar surface area (TPSA) is 150 Å². The van der Waals surface area contributed by atoms with Gasteiger partial charge in [-0.15, -0.1) is 0 Å². The van der Waals surface area contributed by atoms with E-state index in [1.165, 1.54) is 34.1 Å². The summed E-state index contributed by atoms with van der Waals surface area (Å²) in [4.78, 5) is 113. The van der Waals surface area contributed by atoms with Crippen molar-refractivity contribution in [2.75, 3.05) is 26.2 Å². The third-order valence-corrected chi connectivity index (χ3v) is 11.8. The second-order valence-corrected chi connectivity index (χ2v) is 15.0. The average molecular weight is 769 g/mol. The van der Waals surface area contributed by atoms with Gasteiger partial charge in [0.25, 0.3) is 47.3 Å². The molecule has 12 nitrogen and oxygen atoms in total. The summed E-state index contributed by atoms with van der Waals surface area (Å²) in [6.45, 7) is 0.288. The third-order valence-electron chi connectivity index (χ3n) is 11.8. The van der Waals surface area contributed by atoms with Gasteiger partial charge in [-0.1, -0.05) is 48.5 Å². The molecule has 0 saturated carbocycles. The largest absolute Gasteiger partial charge is 0.274 e. The van der Waals surface area contributed by atoms with E-state index >= 15 is 0 Å². The van der Waals surface area contributed by atoms with Gasteiger partial charge in [0, 0.05) is 92.2 Å². The van der Waals surface area contributed by atoms with Gasteiger partial charge in [0.1, 0.15) is 0 Å². The summed E-state index contributed by atoms with van der Waals surface area (Å²) in [6.07, 6.45) is 1.34. The number of unbranched alkanes of at least 4 members (excludes halogenated alkanes) is 2. The van der Waals surface area contributed by atoms with Crippen LogP contribution in [0.3, 0.4) is 0 Å². The van der Waals surface area contributed by atoms with Gasteiger partial charge < -0.3 is 0 Å². The first-order chi connectivity index (χ1) is 28.2. The van der Waals surface area contributed by atoms with Crippen LogP contribution in [0.5, 0.6) is 0 Å². The number of benzene rings is 6. The van der Waals surface area contributed by atoms with E-state index in [-0.39, 0.29) is 82.8 Å². The van der Waals surface area contributed by atoms with Crippen LogP contribution in [0, 0.1) is 0 Å². The van der Waals surface area contributed by atoms with Crippen LogP contribution in [-0.2, 0) is 0 Å². The Balaban J connectivity index is 0.808. The maximum absolute atomic E-state index is 13.8. The van der Waals surface area contributed by atoms with Crippen molar-refractivity contribution in [1.29, 1.82) is 0 Å². The molecule has 6 aromatic rings. The molecule has 0 fully saturated rings. The summed E-state index contributed by atoms with van der Waals surface area (Å²) in [7, 11) is 0. The second-order valence-electron chi connectivity index (χ2n) is 15.0. The van der Waals surface area contributed by atoms with Crippen molar-refractivity contribution in [3.63, 3.8) is 0 Å². The molecule has 284 valence electrons. The fourth-order valence-corrected chi connectivity index (χ4v) is 9.03. The minimum atomic E-state index is -0.560. The van der Waals surface area contributed by atoms with Gasteiger partial charge in [-0.2, -0.15) is 0 Å². The van der Waals surface area contributed by atoms with Gasteiger partial charge in [0.15, 0.2) is 0 Å². The zero-order valence-electron chi connectivity index (χ0n) is 30.9. The number of rotatable bonds is 10. The third kappa shape index (κ3) is 5.00. The monoisotopic (exact) mass is 768 g/mol. The van der Waals surface area contributed by atoms with E-state index in [1.807, 2.05) is 24.3 Å². The van der Waals surface area contributed by atoms with Crippen LogP contribution >= 0.6 is 0 Å². The molecule has 0 N–H and O–H groups in total. The van der Waals surface area contributed by atoms with E-state index in [4.69, 9.17) is 0 Å². The minimum Gasteiger partial charge on any atom is -0.274 e. The fraction of sp³-hybridized carbons (Fsp3) is 0.174. The second kappa shape index (κ2) is 13.1. The van der Waals surface area contributed by atoms with E-state index in [0.29, 0.717) is 58.7 Å². The number of nitrogens with zero attached hydrogens (tertiary/aromatic N) is 4. The number of amides is 8. The van der Waals surface area contributed by atoms with E-state index < -0.39 is 23.6 Å². The van der Waals surface area contributed by atoms with E-state index in [2.05, 4.69) is 0 Å². The van der Waals surface area contributed by atoms with Crippen molar-refractivity contribution >= 4 is 79.6 Å². The molecule has 0 aliphatic carbocycles. The van der Waals surface area contributed by atoms with Gasteiger partial charge in [-0.25, -0.2) is 0 Å². The van der Waals surface area contributed by atoms with Crippen molar-refractivity contribution in [2.24, 2.45) is 0 Å². The molecule has 0 radical (unpaired) electrons. The summed E-state index contributed by atoms with van der Waals surface area (Å²) in [5, 5.41) is 3.43. The van der Waals surface area contributed by atoms with Crippen molar-refractivity contribution in [2.45, 2.75) is 25.7 Å². The minimum absolute atomic E-state index is 0.0347. The maximum Gasteiger partial charge on any atom is 0.261 e. The number of imide groups is 4. The Morgan fingerprint density at radius 2 is 0.466 bits per heavy atom. The number of carbonyl (C=O) groups excluding carboxylic acids is 8. The summed E-state index contributed by atoms with van der Waals surface area (Å²) in [5.41, 5.74) is 2.62. The van der Waals surface area contributed by atoms with Crippen LogP contribution in [0.1, 0.15) is 109 Å². The lowest BCUT2D eigenvalue weighted by molar-refractivity contribution is 0.0567. The fourth-order valence-electron chi connectivity index (χ4n) is 9.03. The van der Waals surface area contributed by atoms with Crippen LogP contribution in [0.4, 0.5) is 0 Å². The van der Waals surface area contributed by atoms with Gasteiger partial charge in [0.05, 0.1) is 0 Å². The predicted octanol–water partition coefficient (Wildman–Crippen LogP) is 6.49. The molecule has 0 unspecified atom stereocenters. The van der Waals surface area contributed by atoms with Crippen LogP contribution in [0.15, 0.2) is 97.1 Å². The van der Waals surface area contributed by atoms with E-state index in [1.54, 1.807) is 48.5 Å². The maximum atomic E-state index is 13.8. The highest BCUT2D eigenvalue weighted by Crippen LogP contribution is 2.38. The first kappa shape index (κ1) is 35.1. The van der Waals surface area contributed by atoms with Crippen LogP contribution < -0.4 is 0 Å². The molecule has 0 bridgehead atoms. The number of carbonyl (C=O) groups is 8. The Morgan fingerprint density at radius 1 is 0.259 bits per heavy atom. The lowest BCUT2D eigenvalue weighted by atomic mass is 9.86. The quantitative estimate of drug-likeness (QED) is 0.113. The Kier molecular flexibility index (Phi) is 7.94. The highest BCUT2D eigenvalue weighted by atomic mass is 16.2. The van der Waals surface area contributed by atoms with Crippen molar-refractivity contribution in [1.82, 2.24) is 19.6 Å². The predicted molar refractivity (Wildman–Crippen MR) is 212 cm³/mol. The molecule has 0 spiro atoms. The molecule has 4 aliphatic heterocycles. The van der Waals surface area contributed by atoms with E-state index in [9.17, 15) is 38.4 Å². The highest BCUT2D eigenvalue weighted by Gasteiger charge is 2.40. The molecule has 4 aliphatic rings. The highest BCUT2D eigenvalue weighted by molar-refractivity contribution is 6.33. The molecule has 10 rings (SSSR count). The lowest BCUT2D eigenvalue weighted by Crippen LogP contribution is -2.44. The van der Waals surface area contributed by atoms with Crippen LogP contribution in [0.2, 0.25) is 0 Å². The molecule has 0 atom stereocenters. The summed E-state index contributed by atoms with van der Waals surface area (Å²) in [5.74, 6) is -3.77. The Hall–Kier alpha value is -7.34. The first-order valence-corrected chi connectivity index (χ1v) is 19.2. The zero-order chi connectivity index (χ0) is 40.0. The molecule has 6 aromatic carbocycles. The molecule has 4 heterocycles. The smallest absolute Gasteiger partial charge is 0.261 e. The summed E-state index contributed by atoms with van der Waals surface area (Å²) < 4.78 is 0. The number of hydrogen-bond donors (Lipinski definition) is 0. The van der Waals surface area contributed by atoms with E-state index in [0.717, 1.165) is 20.6 Å². The molecule has 12 heteroatoms. The Bertz CT molecular complexity index is 2580. The lowest BCUT2D eigenvalue weighted by Gasteiger charge is -2.32. The van der Waals surface area contributed by atoms with Crippen molar-refractivity contribution in [3.05, 3.63) is 142 Å². The van der Waals surface area contributed by atoms with Gasteiger partial charge in [-0.3, -0.25) is 58.0 Å². The summed E-state index contributed by atoms with van der Waals surface area (Å²) in [6, 6.07) is 27.4. The van der Waals surface area contributed by atoms with Gasteiger partial charge in [0.2, 0.25) is 0 Å². The molecular formula is C46H32N4O8. The van der Waals surface area contributed by atoms with Crippen molar-refractivity contribution in [3.8, 4) is 0 Å². The number of hydrogen-bond acceptors (Lipinski definition) is 8. The Labute approximate surface area is 330 Å². The SMILES string of the molecule is O=C1c2cccc3cccc(c23)C(=O)N1CCCCN1C(=O)c2ccc3c4c(ccc(c24)C1=O)C(=O)N(CCCCN1C(=O)c2cccc4cccc(c24)C1=O)C3=O. The standard InChI is InChI=1S/C46H32N4O8/c51-39-27-13-5-9-25-10-6-14-28(35(25)27)40(52)47(39)21-1-3-23-49-43(55)31-17-19-33-38-34(20-18-32(37(31)38)44(49)56)46(58)50(45(33)57)24-4-2-22-48-41(53)29-15-7-11-26-12-8-16-30(36(26)29)42(48)54/h5-20H,1-4,21-24H2. The first-order valence-electron chi connectivity index (χ1n) is 19.2.